The Balaban J connectivity index is 1.90. The molecule has 2 nitrogen and oxygen atoms in total. The fourth-order valence-corrected chi connectivity index (χ4v) is 3.04. The van der Waals surface area contributed by atoms with Crippen LogP contribution in [0.1, 0.15) is 16.1 Å². The SMILES string of the molecule is N#Cc1ccc(Cc2nc3cc(Cl)ccc3s2)cc1. The van der Waals surface area contributed by atoms with Crippen molar-refractivity contribution >= 4 is 33.2 Å². The van der Waals surface area contributed by atoms with Gasteiger partial charge < -0.3 is 0 Å². The third kappa shape index (κ3) is 2.60. The summed E-state index contributed by atoms with van der Waals surface area (Å²) in [5.74, 6) is 0. The van der Waals surface area contributed by atoms with Gasteiger partial charge in [0.15, 0.2) is 0 Å². The van der Waals surface area contributed by atoms with Crippen LogP contribution in [-0.4, -0.2) is 4.98 Å². The smallest absolute Gasteiger partial charge is 0.0991 e. The highest BCUT2D eigenvalue weighted by Crippen LogP contribution is 2.26. The Labute approximate surface area is 119 Å². The van der Waals surface area contributed by atoms with Gasteiger partial charge in [0.2, 0.25) is 0 Å². The van der Waals surface area contributed by atoms with E-state index in [-0.39, 0.29) is 0 Å². The van der Waals surface area contributed by atoms with Crippen LogP contribution < -0.4 is 0 Å². The maximum absolute atomic E-state index is 8.77. The molecule has 92 valence electrons. The molecule has 0 aliphatic rings. The summed E-state index contributed by atoms with van der Waals surface area (Å²) in [6.07, 6.45) is 0.780. The summed E-state index contributed by atoms with van der Waals surface area (Å²) in [4.78, 5) is 4.58. The number of thiazole rings is 1. The zero-order valence-corrected chi connectivity index (χ0v) is 11.5. The van der Waals surface area contributed by atoms with Gasteiger partial charge in [0.25, 0.3) is 0 Å². The third-order valence-electron chi connectivity index (χ3n) is 2.83. The first kappa shape index (κ1) is 12.2. The van der Waals surface area contributed by atoms with Crippen molar-refractivity contribution in [2.75, 3.05) is 0 Å². The summed E-state index contributed by atoms with van der Waals surface area (Å²) in [7, 11) is 0. The molecule has 0 spiro atoms. The van der Waals surface area contributed by atoms with E-state index in [2.05, 4.69) is 11.1 Å². The highest BCUT2D eigenvalue weighted by molar-refractivity contribution is 7.18. The average Bonchev–Trinajstić information content (AvgIpc) is 2.81. The minimum Gasteiger partial charge on any atom is -0.241 e. The van der Waals surface area contributed by atoms with Crippen molar-refractivity contribution in [3.63, 3.8) is 0 Å². The second-order valence-electron chi connectivity index (χ2n) is 4.21. The number of aromatic nitrogens is 1. The number of hydrogen-bond donors (Lipinski definition) is 0. The monoisotopic (exact) mass is 284 g/mol. The summed E-state index contributed by atoms with van der Waals surface area (Å²) in [6, 6.07) is 15.5. The summed E-state index contributed by atoms with van der Waals surface area (Å²) in [5, 5.41) is 10.5. The molecule has 1 heterocycles. The van der Waals surface area contributed by atoms with Crippen LogP contribution in [0.15, 0.2) is 42.5 Å². The van der Waals surface area contributed by atoms with Crippen molar-refractivity contribution in [2.24, 2.45) is 0 Å². The van der Waals surface area contributed by atoms with Gasteiger partial charge >= 0.3 is 0 Å². The standard InChI is InChI=1S/C15H9ClN2S/c16-12-5-6-14-13(8-12)18-15(19-14)7-10-1-3-11(9-17)4-2-10/h1-6,8H,7H2. The molecule has 0 bridgehead atoms. The fraction of sp³-hybridized carbons (Fsp3) is 0.0667. The molecule has 0 N–H and O–H groups in total. The second kappa shape index (κ2) is 5.00. The lowest BCUT2D eigenvalue weighted by molar-refractivity contribution is 1.15. The van der Waals surface area contributed by atoms with Gasteiger partial charge in [-0.1, -0.05) is 23.7 Å². The van der Waals surface area contributed by atoms with Crippen molar-refractivity contribution in [3.05, 3.63) is 63.6 Å². The first-order valence-corrected chi connectivity index (χ1v) is 6.98. The Morgan fingerprint density at radius 3 is 2.68 bits per heavy atom. The molecule has 2 aromatic carbocycles. The van der Waals surface area contributed by atoms with Crippen LogP contribution in [0.25, 0.3) is 10.2 Å². The van der Waals surface area contributed by atoms with Crippen molar-refractivity contribution in [3.8, 4) is 6.07 Å². The minimum atomic E-state index is 0.680. The first-order valence-electron chi connectivity index (χ1n) is 5.78. The summed E-state index contributed by atoms with van der Waals surface area (Å²) >= 11 is 7.63. The number of halogens is 1. The van der Waals surface area contributed by atoms with Gasteiger partial charge in [-0.3, -0.25) is 0 Å². The number of benzene rings is 2. The molecule has 0 saturated carbocycles. The largest absolute Gasteiger partial charge is 0.241 e. The molecule has 0 aliphatic heterocycles. The quantitative estimate of drug-likeness (QED) is 0.699. The topological polar surface area (TPSA) is 36.7 Å². The normalized spacial score (nSPS) is 10.5. The van der Waals surface area contributed by atoms with Crippen LogP contribution in [0.5, 0.6) is 0 Å². The number of nitrogens with zero attached hydrogens (tertiary/aromatic N) is 2. The summed E-state index contributed by atoms with van der Waals surface area (Å²) in [6.45, 7) is 0. The van der Waals surface area contributed by atoms with Crippen LogP contribution in [0.3, 0.4) is 0 Å². The summed E-state index contributed by atoms with van der Waals surface area (Å²) in [5.41, 5.74) is 2.78. The van der Waals surface area contributed by atoms with Gasteiger partial charge in [0.1, 0.15) is 0 Å². The Morgan fingerprint density at radius 2 is 1.95 bits per heavy atom. The highest BCUT2D eigenvalue weighted by atomic mass is 35.5. The Morgan fingerprint density at radius 1 is 1.16 bits per heavy atom. The molecule has 0 radical (unpaired) electrons. The molecular weight excluding hydrogens is 276 g/mol. The van der Waals surface area contributed by atoms with Crippen molar-refractivity contribution in [2.45, 2.75) is 6.42 Å². The van der Waals surface area contributed by atoms with Crippen LogP contribution in [0.4, 0.5) is 0 Å². The zero-order valence-electron chi connectivity index (χ0n) is 9.93. The van der Waals surface area contributed by atoms with E-state index >= 15 is 0 Å². The van der Waals surface area contributed by atoms with Gasteiger partial charge in [-0.2, -0.15) is 5.26 Å². The lowest BCUT2D eigenvalue weighted by Crippen LogP contribution is -1.86. The van der Waals surface area contributed by atoms with E-state index in [1.54, 1.807) is 11.3 Å². The fourth-order valence-electron chi connectivity index (χ4n) is 1.90. The van der Waals surface area contributed by atoms with E-state index in [0.29, 0.717) is 10.6 Å². The molecular formula is C15H9ClN2S. The van der Waals surface area contributed by atoms with E-state index < -0.39 is 0 Å². The Kier molecular flexibility index (Phi) is 3.20. The predicted molar refractivity (Wildman–Crippen MR) is 78.6 cm³/mol. The van der Waals surface area contributed by atoms with Gasteiger partial charge in [-0.15, -0.1) is 11.3 Å². The molecule has 3 aromatic rings. The van der Waals surface area contributed by atoms with Crippen LogP contribution in [0.2, 0.25) is 5.02 Å². The van der Waals surface area contributed by atoms with E-state index in [9.17, 15) is 0 Å². The van der Waals surface area contributed by atoms with Crippen LogP contribution in [-0.2, 0) is 6.42 Å². The van der Waals surface area contributed by atoms with Crippen molar-refractivity contribution in [1.82, 2.24) is 4.98 Å². The molecule has 0 fully saturated rings. The first-order chi connectivity index (χ1) is 9.24. The molecule has 0 unspecified atom stereocenters. The second-order valence-corrected chi connectivity index (χ2v) is 5.76. The molecule has 19 heavy (non-hydrogen) atoms. The number of fused-ring (bicyclic) bond motifs is 1. The van der Waals surface area contributed by atoms with E-state index in [4.69, 9.17) is 16.9 Å². The molecule has 0 amide bonds. The van der Waals surface area contributed by atoms with Gasteiger partial charge in [-0.05, 0) is 35.9 Å². The molecule has 3 rings (SSSR count). The van der Waals surface area contributed by atoms with E-state index in [0.717, 1.165) is 27.2 Å². The number of nitriles is 1. The lowest BCUT2D eigenvalue weighted by Gasteiger charge is -1.97. The Bertz CT molecular complexity index is 769. The maximum Gasteiger partial charge on any atom is 0.0991 e. The van der Waals surface area contributed by atoms with Gasteiger partial charge in [-0.25, -0.2) is 4.98 Å². The Hall–Kier alpha value is -1.89. The predicted octanol–water partition coefficient (Wildman–Crippen LogP) is 4.41. The lowest BCUT2D eigenvalue weighted by atomic mass is 10.1. The van der Waals surface area contributed by atoms with Gasteiger partial charge in [0, 0.05) is 11.4 Å². The minimum absolute atomic E-state index is 0.680. The van der Waals surface area contributed by atoms with Crippen LogP contribution in [0, 0.1) is 11.3 Å². The van der Waals surface area contributed by atoms with Gasteiger partial charge in [0.05, 0.1) is 26.9 Å². The third-order valence-corrected chi connectivity index (χ3v) is 4.10. The van der Waals surface area contributed by atoms with E-state index in [1.807, 2.05) is 42.5 Å². The number of rotatable bonds is 2. The van der Waals surface area contributed by atoms with Crippen LogP contribution >= 0.6 is 22.9 Å². The molecule has 4 heteroatoms. The molecule has 1 aromatic heterocycles. The van der Waals surface area contributed by atoms with E-state index in [1.165, 1.54) is 0 Å². The van der Waals surface area contributed by atoms with Crippen molar-refractivity contribution in [1.29, 1.82) is 5.26 Å². The molecule has 0 atom stereocenters. The average molecular weight is 285 g/mol. The molecule has 0 aliphatic carbocycles. The molecule has 0 saturated heterocycles. The zero-order chi connectivity index (χ0) is 13.2. The summed E-state index contributed by atoms with van der Waals surface area (Å²) < 4.78 is 1.15. The number of hydrogen-bond acceptors (Lipinski definition) is 3. The maximum atomic E-state index is 8.77. The highest BCUT2D eigenvalue weighted by Gasteiger charge is 2.05. The van der Waals surface area contributed by atoms with Crippen molar-refractivity contribution < 1.29 is 0 Å².